The lowest BCUT2D eigenvalue weighted by Crippen LogP contribution is -2.25. The van der Waals surface area contributed by atoms with Gasteiger partial charge in [-0.1, -0.05) is 12.1 Å². The highest BCUT2D eigenvalue weighted by molar-refractivity contribution is 5.96. The molecule has 0 saturated heterocycles. The molecule has 0 radical (unpaired) electrons. The molecule has 1 heterocycles. The first-order chi connectivity index (χ1) is 13.0. The predicted octanol–water partition coefficient (Wildman–Crippen LogP) is 4.32. The van der Waals surface area contributed by atoms with Gasteiger partial charge in [0.1, 0.15) is 0 Å². The van der Waals surface area contributed by atoms with E-state index < -0.39 is 0 Å². The number of aromatic nitrogens is 2. The molecule has 2 aromatic carbocycles. The van der Waals surface area contributed by atoms with Crippen LogP contribution >= 0.6 is 0 Å². The zero-order valence-electron chi connectivity index (χ0n) is 15.9. The molecule has 1 aliphatic carbocycles. The maximum absolute atomic E-state index is 12.4. The van der Waals surface area contributed by atoms with Gasteiger partial charge in [-0.25, -0.2) is 9.97 Å². The van der Waals surface area contributed by atoms with Crippen LogP contribution < -0.4 is 10.6 Å². The lowest BCUT2D eigenvalue weighted by molar-refractivity contribution is 0.0951. The third-order valence-electron chi connectivity index (χ3n) is 4.72. The first kappa shape index (κ1) is 17.5. The van der Waals surface area contributed by atoms with Gasteiger partial charge in [0.25, 0.3) is 5.91 Å². The van der Waals surface area contributed by atoms with Crippen molar-refractivity contribution >= 4 is 22.8 Å². The van der Waals surface area contributed by atoms with Crippen molar-refractivity contribution in [1.29, 1.82) is 0 Å². The molecule has 1 aromatic heterocycles. The molecule has 3 aromatic rings. The summed E-state index contributed by atoms with van der Waals surface area (Å²) in [5.74, 6) is 0.646. The molecule has 5 heteroatoms. The van der Waals surface area contributed by atoms with Gasteiger partial charge < -0.3 is 10.6 Å². The maximum Gasteiger partial charge on any atom is 0.251 e. The van der Waals surface area contributed by atoms with Crippen molar-refractivity contribution in [2.45, 2.75) is 45.7 Å². The van der Waals surface area contributed by atoms with Crippen molar-refractivity contribution in [3.8, 4) is 11.1 Å². The Kier molecular flexibility index (Phi) is 4.52. The molecule has 27 heavy (non-hydrogen) atoms. The van der Waals surface area contributed by atoms with E-state index in [2.05, 4.69) is 53.5 Å². The second kappa shape index (κ2) is 6.99. The Bertz CT molecular complexity index is 1010. The van der Waals surface area contributed by atoms with Crippen molar-refractivity contribution in [3.05, 3.63) is 53.7 Å². The molecule has 1 aliphatic rings. The molecule has 2 N–H and O–H groups in total. The summed E-state index contributed by atoms with van der Waals surface area (Å²) in [5, 5.41) is 7.26. The molecule has 1 saturated carbocycles. The third-order valence-corrected chi connectivity index (χ3v) is 4.72. The van der Waals surface area contributed by atoms with Crippen LogP contribution in [0.5, 0.6) is 0 Å². The third kappa shape index (κ3) is 3.92. The van der Waals surface area contributed by atoms with Crippen molar-refractivity contribution in [3.63, 3.8) is 0 Å². The molecule has 0 atom stereocenters. The maximum atomic E-state index is 12.4. The Labute approximate surface area is 159 Å². The largest absolute Gasteiger partial charge is 0.352 e. The number of hydrogen-bond acceptors (Lipinski definition) is 4. The Morgan fingerprint density at radius 1 is 1.15 bits per heavy atom. The summed E-state index contributed by atoms with van der Waals surface area (Å²) in [4.78, 5) is 21.4. The second-order valence-electron chi connectivity index (χ2n) is 7.54. The zero-order valence-corrected chi connectivity index (χ0v) is 15.9. The normalized spacial score (nSPS) is 13.8. The molecular formula is C22H24N4O. The van der Waals surface area contributed by atoms with Crippen LogP contribution in [0.1, 0.15) is 42.6 Å². The molecule has 138 valence electrons. The molecule has 4 rings (SSSR count). The fourth-order valence-electron chi connectivity index (χ4n) is 3.10. The van der Waals surface area contributed by atoms with E-state index in [9.17, 15) is 4.79 Å². The van der Waals surface area contributed by atoms with Gasteiger partial charge >= 0.3 is 0 Å². The number of rotatable bonds is 5. The molecule has 0 unspecified atom stereocenters. The van der Waals surface area contributed by atoms with Crippen LogP contribution in [0.3, 0.4) is 0 Å². The summed E-state index contributed by atoms with van der Waals surface area (Å²) >= 11 is 0. The fraction of sp³-hybridized carbons (Fsp3) is 0.318. The van der Waals surface area contributed by atoms with Crippen LogP contribution in [0, 0.1) is 6.92 Å². The molecule has 1 amide bonds. The summed E-state index contributed by atoms with van der Waals surface area (Å²) in [6.07, 6.45) is 4.01. The Morgan fingerprint density at radius 2 is 1.96 bits per heavy atom. The van der Waals surface area contributed by atoms with Crippen LogP contribution in [-0.4, -0.2) is 28.0 Å². The molecule has 1 fully saturated rings. The first-order valence-corrected chi connectivity index (χ1v) is 9.45. The highest BCUT2D eigenvalue weighted by Crippen LogP contribution is 2.28. The smallest absolute Gasteiger partial charge is 0.251 e. The summed E-state index contributed by atoms with van der Waals surface area (Å²) in [7, 11) is 0. The average Bonchev–Trinajstić information content (AvgIpc) is 3.45. The summed E-state index contributed by atoms with van der Waals surface area (Å²) in [5.41, 5.74) is 4.86. The zero-order chi connectivity index (χ0) is 19.0. The van der Waals surface area contributed by atoms with E-state index in [1.54, 1.807) is 0 Å². The summed E-state index contributed by atoms with van der Waals surface area (Å²) in [6.45, 7) is 6.19. The number of anilines is 1. The van der Waals surface area contributed by atoms with Gasteiger partial charge in [-0.3, -0.25) is 4.79 Å². The van der Waals surface area contributed by atoms with Gasteiger partial charge in [0.05, 0.1) is 5.52 Å². The minimum atomic E-state index is 0.00674. The van der Waals surface area contributed by atoms with E-state index in [1.165, 1.54) is 0 Å². The van der Waals surface area contributed by atoms with Crippen molar-refractivity contribution < 1.29 is 4.79 Å². The van der Waals surface area contributed by atoms with E-state index in [4.69, 9.17) is 0 Å². The number of fused-ring (bicyclic) bond motifs is 1. The van der Waals surface area contributed by atoms with Crippen LogP contribution in [0.25, 0.3) is 22.0 Å². The van der Waals surface area contributed by atoms with Gasteiger partial charge in [-0.2, -0.15) is 0 Å². The van der Waals surface area contributed by atoms with E-state index in [-0.39, 0.29) is 11.9 Å². The fourth-order valence-corrected chi connectivity index (χ4v) is 3.10. The number of amides is 1. The van der Waals surface area contributed by atoms with Gasteiger partial charge in [0.15, 0.2) is 0 Å². The number of carbonyl (C=O) groups excluding carboxylic acids is 1. The minimum Gasteiger partial charge on any atom is -0.352 e. The first-order valence-electron chi connectivity index (χ1n) is 9.45. The standard InChI is InChI=1S/C22H24N4O/c1-13(2)24-22-23-12-17-10-15(6-9-20(17)26-22)19-11-16(5-4-14(19)3)21(27)25-18-7-8-18/h4-6,9-13,18H,7-8H2,1-3H3,(H,25,27)(H,23,24,26). The predicted molar refractivity (Wildman–Crippen MR) is 109 cm³/mol. The van der Waals surface area contributed by atoms with Crippen LogP contribution in [-0.2, 0) is 0 Å². The number of nitrogens with one attached hydrogen (secondary N) is 2. The Hall–Kier alpha value is -2.95. The molecule has 5 nitrogen and oxygen atoms in total. The molecule has 0 spiro atoms. The van der Waals surface area contributed by atoms with Crippen molar-refractivity contribution in [1.82, 2.24) is 15.3 Å². The average molecular weight is 360 g/mol. The Balaban J connectivity index is 1.67. The number of benzene rings is 2. The van der Waals surface area contributed by atoms with Gasteiger partial charge in [0.2, 0.25) is 5.95 Å². The second-order valence-corrected chi connectivity index (χ2v) is 7.54. The van der Waals surface area contributed by atoms with Crippen molar-refractivity contribution in [2.75, 3.05) is 5.32 Å². The quantitative estimate of drug-likeness (QED) is 0.711. The molecular weight excluding hydrogens is 336 g/mol. The number of nitrogens with zero attached hydrogens (tertiary/aromatic N) is 2. The van der Waals surface area contributed by atoms with E-state index in [0.29, 0.717) is 17.6 Å². The highest BCUT2D eigenvalue weighted by Gasteiger charge is 2.24. The lowest BCUT2D eigenvalue weighted by atomic mass is 9.97. The number of carbonyl (C=O) groups is 1. The van der Waals surface area contributed by atoms with Gasteiger partial charge in [-0.15, -0.1) is 0 Å². The SMILES string of the molecule is Cc1ccc(C(=O)NC2CC2)cc1-c1ccc2nc(NC(C)C)ncc2c1. The summed E-state index contributed by atoms with van der Waals surface area (Å²) in [6, 6.07) is 12.7. The topological polar surface area (TPSA) is 66.9 Å². The minimum absolute atomic E-state index is 0.00674. The van der Waals surface area contributed by atoms with E-state index in [0.717, 1.165) is 40.4 Å². The Morgan fingerprint density at radius 3 is 2.70 bits per heavy atom. The molecule has 0 bridgehead atoms. The number of aryl methyl sites for hydroxylation is 1. The van der Waals surface area contributed by atoms with E-state index in [1.807, 2.05) is 30.5 Å². The monoisotopic (exact) mass is 360 g/mol. The van der Waals surface area contributed by atoms with Crippen LogP contribution in [0.4, 0.5) is 5.95 Å². The lowest BCUT2D eigenvalue weighted by Gasteiger charge is -2.11. The van der Waals surface area contributed by atoms with Crippen LogP contribution in [0.2, 0.25) is 0 Å². The molecule has 0 aliphatic heterocycles. The van der Waals surface area contributed by atoms with Crippen LogP contribution in [0.15, 0.2) is 42.6 Å². The van der Waals surface area contributed by atoms with Crippen molar-refractivity contribution in [2.24, 2.45) is 0 Å². The highest BCUT2D eigenvalue weighted by atomic mass is 16.1. The number of hydrogen-bond donors (Lipinski definition) is 2. The van der Waals surface area contributed by atoms with E-state index >= 15 is 0 Å². The van der Waals surface area contributed by atoms with Gasteiger partial charge in [0, 0.05) is 29.2 Å². The van der Waals surface area contributed by atoms with Gasteiger partial charge in [-0.05, 0) is 74.6 Å². The summed E-state index contributed by atoms with van der Waals surface area (Å²) < 4.78 is 0.